The molecule has 120 valence electrons. The number of carbonyl (C=O) groups is 1. The van der Waals surface area contributed by atoms with Gasteiger partial charge in [0, 0.05) is 31.2 Å². The fraction of sp³-hybridized carbons (Fsp3) is 0.938. The zero-order chi connectivity index (χ0) is 15.0. The molecule has 0 amide bonds. The van der Waals surface area contributed by atoms with Gasteiger partial charge in [-0.05, 0) is 59.0 Å². The highest BCUT2D eigenvalue weighted by molar-refractivity contribution is 5.79. The van der Waals surface area contributed by atoms with Crippen molar-refractivity contribution < 1.29 is 9.90 Å². The van der Waals surface area contributed by atoms with E-state index in [0.717, 1.165) is 51.6 Å². The fourth-order valence-electron chi connectivity index (χ4n) is 4.08. The first-order valence-electron chi connectivity index (χ1n) is 8.42. The molecular weight excluding hydrogens is 266 g/mol. The van der Waals surface area contributed by atoms with Gasteiger partial charge in [0.05, 0.1) is 0 Å². The number of carboxylic acids is 1. The topological polar surface area (TPSA) is 55.8 Å². The maximum absolute atomic E-state index is 11.9. The van der Waals surface area contributed by atoms with E-state index < -0.39 is 11.5 Å². The van der Waals surface area contributed by atoms with Gasteiger partial charge < -0.3 is 10.0 Å². The SMILES string of the molecule is CN(C)C1CCN(C2CCCC(NC3CC3)(C(=O)O)C2)C1. The van der Waals surface area contributed by atoms with Gasteiger partial charge in [0.1, 0.15) is 5.54 Å². The lowest BCUT2D eigenvalue weighted by Gasteiger charge is -2.42. The third kappa shape index (κ3) is 3.25. The first kappa shape index (κ1) is 15.3. The number of hydrogen-bond donors (Lipinski definition) is 2. The van der Waals surface area contributed by atoms with Gasteiger partial charge >= 0.3 is 5.97 Å². The molecular formula is C16H29N3O2. The Labute approximate surface area is 127 Å². The molecule has 5 heteroatoms. The van der Waals surface area contributed by atoms with Crippen molar-refractivity contribution in [3.05, 3.63) is 0 Å². The first-order chi connectivity index (χ1) is 10.00. The maximum atomic E-state index is 11.9. The second-order valence-electron chi connectivity index (χ2n) is 7.46. The summed E-state index contributed by atoms with van der Waals surface area (Å²) in [4.78, 5) is 16.7. The zero-order valence-electron chi connectivity index (χ0n) is 13.3. The van der Waals surface area contributed by atoms with Crippen molar-refractivity contribution in [3.8, 4) is 0 Å². The highest BCUT2D eigenvalue weighted by atomic mass is 16.4. The number of rotatable bonds is 5. The molecule has 2 aliphatic carbocycles. The van der Waals surface area contributed by atoms with E-state index >= 15 is 0 Å². The van der Waals surface area contributed by atoms with E-state index in [0.29, 0.717) is 18.1 Å². The lowest BCUT2D eigenvalue weighted by atomic mass is 9.78. The van der Waals surface area contributed by atoms with Crippen LogP contribution >= 0.6 is 0 Å². The van der Waals surface area contributed by atoms with Gasteiger partial charge in [-0.1, -0.05) is 0 Å². The average molecular weight is 295 g/mol. The molecule has 1 saturated heterocycles. The highest BCUT2D eigenvalue weighted by Crippen LogP contribution is 2.36. The first-order valence-corrected chi connectivity index (χ1v) is 8.42. The van der Waals surface area contributed by atoms with Crippen molar-refractivity contribution >= 4 is 5.97 Å². The number of likely N-dealkylation sites (N-methyl/N-ethyl adjacent to an activating group) is 1. The highest BCUT2D eigenvalue weighted by Gasteiger charge is 2.47. The summed E-state index contributed by atoms with van der Waals surface area (Å²) >= 11 is 0. The number of nitrogens with one attached hydrogen (secondary N) is 1. The molecule has 3 aliphatic rings. The van der Waals surface area contributed by atoms with Crippen molar-refractivity contribution in [3.63, 3.8) is 0 Å². The molecule has 0 aromatic carbocycles. The second-order valence-corrected chi connectivity index (χ2v) is 7.46. The number of carboxylic acid groups (broad SMARTS) is 1. The Hall–Kier alpha value is -0.650. The summed E-state index contributed by atoms with van der Waals surface area (Å²) in [5.74, 6) is -0.637. The lowest BCUT2D eigenvalue weighted by Crippen LogP contribution is -2.59. The van der Waals surface area contributed by atoms with Gasteiger partial charge in [0.2, 0.25) is 0 Å². The van der Waals surface area contributed by atoms with Gasteiger partial charge in [0.25, 0.3) is 0 Å². The van der Waals surface area contributed by atoms with E-state index in [1.54, 1.807) is 0 Å². The van der Waals surface area contributed by atoms with Crippen molar-refractivity contribution in [1.29, 1.82) is 0 Å². The molecule has 3 fully saturated rings. The minimum atomic E-state index is -0.666. The smallest absolute Gasteiger partial charge is 0.323 e. The van der Waals surface area contributed by atoms with Crippen LogP contribution in [0.1, 0.15) is 44.9 Å². The Kier molecular flexibility index (Phi) is 4.26. The van der Waals surface area contributed by atoms with Gasteiger partial charge in [-0.2, -0.15) is 0 Å². The van der Waals surface area contributed by atoms with Crippen LogP contribution in [0.15, 0.2) is 0 Å². The maximum Gasteiger partial charge on any atom is 0.323 e. The molecule has 3 unspecified atom stereocenters. The van der Waals surface area contributed by atoms with Crippen molar-refractivity contribution in [2.45, 2.75) is 68.6 Å². The summed E-state index contributed by atoms with van der Waals surface area (Å²) < 4.78 is 0. The summed E-state index contributed by atoms with van der Waals surface area (Å²) in [6, 6.07) is 1.52. The Morgan fingerprint density at radius 2 is 2.05 bits per heavy atom. The van der Waals surface area contributed by atoms with E-state index in [1.165, 1.54) is 6.42 Å². The second kappa shape index (κ2) is 5.86. The number of hydrogen-bond acceptors (Lipinski definition) is 4. The Balaban J connectivity index is 1.65. The molecule has 3 atom stereocenters. The quantitative estimate of drug-likeness (QED) is 0.796. The van der Waals surface area contributed by atoms with Gasteiger partial charge in [-0.15, -0.1) is 0 Å². The molecule has 2 N–H and O–H groups in total. The molecule has 0 spiro atoms. The third-order valence-corrected chi connectivity index (χ3v) is 5.63. The summed E-state index contributed by atoms with van der Waals surface area (Å²) in [6.45, 7) is 2.21. The standard InChI is InChI=1S/C16H29N3O2/c1-18(2)14-7-9-19(11-14)13-4-3-8-16(10-13,15(20)21)17-12-5-6-12/h12-14,17H,3-11H2,1-2H3,(H,20,21). The van der Waals surface area contributed by atoms with Gasteiger partial charge in [0.15, 0.2) is 0 Å². The zero-order valence-corrected chi connectivity index (χ0v) is 13.3. The van der Waals surface area contributed by atoms with Gasteiger partial charge in [-0.25, -0.2) is 0 Å². The van der Waals surface area contributed by atoms with E-state index in [9.17, 15) is 9.90 Å². The molecule has 0 aromatic rings. The van der Waals surface area contributed by atoms with Crippen LogP contribution in [-0.4, -0.2) is 71.7 Å². The van der Waals surface area contributed by atoms with Gasteiger partial charge in [-0.3, -0.25) is 15.0 Å². The predicted octanol–water partition coefficient (Wildman–Crippen LogP) is 1.14. The summed E-state index contributed by atoms with van der Waals surface area (Å²) in [5.41, 5.74) is -0.666. The summed E-state index contributed by atoms with van der Waals surface area (Å²) in [5, 5.41) is 13.2. The Morgan fingerprint density at radius 3 is 2.62 bits per heavy atom. The average Bonchev–Trinajstić information content (AvgIpc) is 3.10. The predicted molar refractivity (Wildman–Crippen MR) is 82.4 cm³/mol. The van der Waals surface area contributed by atoms with Crippen LogP contribution < -0.4 is 5.32 Å². The van der Waals surface area contributed by atoms with Crippen LogP contribution in [0, 0.1) is 0 Å². The van der Waals surface area contributed by atoms with Crippen LogP contribution in [0.25, 0.3) is 0 Å². The molecule has 1 heterocycles. The van der Waals surface area contributed by atoms with Crippen molar-refractivity contribution in [2.75, 3.05) is 27.2 Å². The van der Waals surface area contributed by atoms with E-state index in [-0.39, 0.29) is 0 Å². The van der Waals surface area contributed by atoms with E-state index in [1.807, 2.05) is 0 Å². The van der Waals surface area contributed by atoms with E-state index in [2.05, 4.69) is 29.2 Å². The van der Waals surface area contributed by atoms with Crippen LogP contribution in [0.3, 0.4) is 0 Å². The van der Waals surface area contributed by atoms with Crippen LogP contribution in [0.4, 0.5) is 0 Å². The van der Waals surface area contributed by atoms with Crippen molar-refractivity contribution in [1.82, 2.24) is 15.1 Å². The van der Waals surface area contributed by atoms with Crippen LogP contribution in [0.5, 0.6) is 0 Å². The molecule has 1 aliphatic heterocycles. The largest absolute Gasteiger partial charge is 0.480 e. The number of nitrogens with zero attached hydrogens (tertiary/aromatic N) is 2. The summed E-state index contributed by atoms with van der Waals surface area (Å²) in [6.07, 6.45) is 7.25. The normalized spacial score (nSPS) is 38.0. The lowest BCUT2D eigenvalue weighted by molar-refractivity contribution is -0.147. The fourth-order valence-corrected chi connectivity index (χ4v) is 4.08. The van der Waals surface area contributed by atoms with E-state index in [4.69, 9.17) is 0 Å². The minimum Gasteiger partial charge on any atom is -0.480 e. The summed E-state index contributed by atoms with van der Waals surface area (Å²) in [7, 11) is 4.29. The molecule has 2 saturated carbocycles. The monoisotopic (exact) mass is 295 g/mol. The number of aliphatic carboxylic acids is 1. The van der Waals surface area contributed by atoms with Crippen molar-refractivity contribution in [2.24, 2.45) is 0 Å². The van der Waals surface area contributed by atoms with Crippen LogP contribution in [0.2, 0.25) is 0 Å². The Morgan fingerprint density at radius 1 is 1.29 bits per heavy atom. The number of likely N-dealkylation sites (tertiary alicyclic amines) is 1. The molecule has 21 heavy (non-hydrogen) atoms. The molecule has 5 nitrogen and oxygen atoms in total. The molecule has 0 aromatic heterocycles. The molecule has 0 radical (unpaired) electrons. The molecule has 3 rings (SSSR count). The molecule has 0 bridgehead atoms. The van der Waals surface area contributed by atoms with Crippen LogP contribution in [-0.2, 0) is 4.79 Å². The minimum absolute atomic E-state index is 0.436. The Bertz CT molecular complexity index is 397. The third-order valence-electron chi connectivity index (χ3n) is 5.63.